The predicted octanol–water partition coefficient (Wildman–Crippen LogP) is 2.73. The van der Waals surface area contributed by atoms with Crippen LogP contribution in [-0.4, -0.2) is 20.2 Å². The number of nitrogens with one attached hydrogen (secondary N) is 1. The van der Waals surface area contributed by atoms with E-state index in [4.69, 9.17) is 4.78 Å². The van der Waals surface area contributed by atoms with Crippen LogP contribution < -0.4 is 0 Å². The molecule has 0 saturated heterocycles. The number of hydrogen-bond acceptors (Lipinski definition) is 3. The van der Waals surface area contributed by atoms with E-state index >= 15 is 0 Å². The first-order valence-corrected chi connectivity index (χ1v) is 7.47. The van der Waals surface area contributed by atoms with Crippen molar-refractivity contribution in [2.45, 2.75) is 24.7 Å². The van der Waals surface area contributed by atoms with E-state index in [0.29, 0.717) is 16.3 Å². The Morgan fingerprint density at radius 1 is 1.41 bits per heavy atom. The van der Waals surface area contributed by atoms with Gasteiger partial charge in [-0.2, -0.15) is 5.10 Å². The number of aromatic nitrogens is 2. The van der Waals surface area contributed by atoms with Crippen LogP contribution in [-0.2, 0) is 16.8 Å². The van der Waals surface area contributed by atoms with E-state index in [2.05, 4.69) is 18.9 Å². The second-order valence-corrected chi connectivity index (χ2v) is 6.84. The molecule has 0 saturated carbocycles. The maximum Gasteiger partial charge on any atom is 0.110 e. The molecule has 0 amide bonds. The van der Waals surface area contributed by atoms with Gasteiger partial charge in [0, 0.05) is 24.9 Å². The summed E-state index contributed by atoms with van der Waals surface area (Å²) >= 11 is 0. The fourth-order valence-corrected chi connectivity index (χ4v) is 2.88. The first-order valence-electron chi connectivity index (χ1n) is 5.50. The second kappa shape index (κ2) is 3.84. The summed E-state index contributed by atoms with van der Waals surface area (Å²) in [5.74, 6) is 0.384. The van der Waals surface area contributed by atoms with Crippen LogP contribution in [0.15, 0.2) is 23.2 Å². The molecule has 0 radical (unpaired) electrons. The molecule has 1 aromatic carbocycles. The molecule has 1 unspecified atom stereocenters. The topological polar surface area (TPSA) is 58.7 Å². The van der Waals surface area contributed by atoms with Crippen LogP contribution >= 0.6 is 0 Å². The summed E-state index contributed by atoms with van der Waals surface area (Å²) in [5.41, 5.74) is 1.88. The van der Waals surface area contributed by atoms with Crippen molar-refractivity contribution in [2.24, 2.45) is 7.05 Å². The number of rotatable bonds is 2. The van der Waals surface area contributed by atoms with Crippen molar-refractivity contribution in [1.29, 1.82) is 4.78 Å². The average molecular weight is 251 g/mol. The van der Waals surface area contributed by atoms with E-state index < -0.39 is 9.73 Å². The number of fused-ring (bicyclic) bond motifs is 1. The zero-order valence-electron chi connectivity index (χ0n) is 10.5. The van der Waals surface area contributed by atoms with Crippen molar-refractivity contribution in [3.63, 3.8) is 0 Å². The largest absolute Gasteiger partial charge is 0.275 e. The van der Waals surface area contributed by atoms with Gasteiger partial charge in [-0.15, -0.1) is 0 Å². The Kier molecular flexibility index (Phi) is 2.73. The summed E-state index contributed by atoms with van der Waals surface area (Å²) in [5, 5.41) is 5.34. The lowest BCUT2D eigenvalue weighted by molar-refractivity contribution is 0.679. The highest BCUT2D eigenvalue weighted by Crippen LogP contribution is 2.29. The van der Waals surface area contributed by atoms with Crippen LogP contribution in [0.4, 0.5) is 0 Å². The minimum Gasteiger partial charge on any atom is -0.275 e. The molecule has 4 nitrogen and oxygen atoms in total. The SMILES string of the molecule is CC(C)c1ccc(S(C)(=N)=O)c2nn(C)cc12. The highest BCUT2D eigenvalue weighted by Gasteiger charge is 2.15. The highest BCUT2D eigenvalue weighted by atomic mass is 32.2. The molecular formula is C12H17N3OS. The normalized spacial score (nSPS) is 15.4. The van der Waals surface area contributed by atoms with E-state index in [1.165, 1.54) is 11.8 Å². The van der Waals surface area contributed by atoms with Gasteiger partial charge in [0.25, 0.3) is 0 Å². The fourth-order valence-electron chi connectivity index (χ4n) is 2.03. The summed E-state index contributed by atoms with van der Waals surface area (Å²) in [4.78, 5) is 0.525. The smallest absolute Gasteiger partial charge is 0.110 e. The van der Waals surface area contributed by atoms with Crippen molar-refractivity contribution < 1.29 is 4.21 Å². The Bertz CT molecular complexity index is 668. The molecule has 0 aliphatic heterocycles. The maximum atomic E-state index is 11.9. The fraction of sp³-hybridized carbons (Fsp3) is 0.417. The average Bonchev–Trinajstić information content (AvgIpc) is 2.54. The molecule has 0 spiro atoms. The molecule has 0 aliphatic rings. The maximum absolute atomic E-state index is 11.9. The molecule has 2 rings (SSSR count). The zero-order chi connectivity index (χ0) is 12.8. The van der Waals surface area contributed by atoms with Crippen molar-refractivity contribution in [3.05, 3.63) is 23.9 Å². The van der Waals surface area contributed by atoms with Crippen molar-refractivity contribution in [3.8, 4) is 0 Å². The van der Waals surface area contributed by atoms with Gasteiger partial charge in [0.15, 0.2) is 0 Å². The summed E-state index contributed by atoms with van der Waals surface area (Å²) in [7, 11) is -0.892. The molecule has 5 heteroatoms. The Balaban J connectivity index is 2.89. The lowest BCUT2D eigenvalue weighted by Crippen LogP contribution is -1.98. The van der Waals surface area contributed by atoms with E-state index in [1.54, 1.807) is 10.7 Å². The van der Waals surface area contributed by atoms with E-state index in [-0.39, 0.29) is 0 Å². The van der Waals surface area contributed by atoms with Gasteiger partial charge in [-0.05, 0) is 17.5 Å². The lowest BCUT2D eigenvalue weighted by atomic mass is 10.00. The number of benzene rings is 1. The van der Waals surface area contributed by atoms with Gasteiger partial charge in [0.2, 0.25) is 0 Å². The van der Waals surface area contributed by atoms with Gasteiger partial charge >= 0.3 is 0 Å². The summed E-state index contributed by atoms with van der Waals surface area (Å²) in [6, 6.07) is 3.74. The molecule has 17 heavy (non-hydrogen) atoms. The quantitative estimate of drug-likeness (QED) is 0.892. The molecule has 92 valence electrons. The van der Waals surface area contributed by atoms with Crippen LogP contribution in [0.2, 0.25) is 0 Å². The van der Waals surface area contributed by atoms with Gasteiger partial charge in [-0.25, -0.2) is 8.99 Å². The molecule has 2 aromatic rings. The number of hydrogen-bond donors (Lipinski definition) is 1. The van der Waals surface area contributed by atoms with Crippen molar-refractivity contribution in [1.82, 2.24) is 9.78 Å². The first kappa shape index (κ1) is 12.1. The molecule has 1 aromatic heterocycles. The first-order chi connectivity index (χ1) is 7.80. The minimum absolute atomic E-state index is 0.384. The van der Waals surface area contributed by atoms with Gasteiger partial charge in [0.05, 0.1) is 14.6 Å². The Labute approximate surface area is 102 Å². The zero-order valence-corrected chi connectivity index (χ0v) is 11.3. The summed E-state index contributed by atoms with van der Waals surface area (Å²) < 4.78 is 21.3. The van der Waals surface area contributed by atoms with Gasteiger partial charge < -0.3 is 0 Å². The molecule has 1 heterocycles. The lowest BCUT2D eigenvalue weighted by Gasteiger charge is -2.09. The predicted molar refractivity (Wildman–Crippen MR) is 69.9 cm³/mol. The Morgan fingerprint density at radius 3 is 2.59 bits per heavy atom. The second-order valence-electron chi connectivity index (χ2n) is 4.72. The Morgan fingerprint density at radius 2 is 2.06 bits per heavy atom. The van der Waals surface area contributed by atoms with E-state index in [1.807, 2.05) is 19.3 Å². The van der Waals surface area contributed by atoms with Crippen LogP contribution in [0.25, 0.3) is 10.9 Å². The third kappa shape index (κ3) is 2.07. The number of aryl methyl sites for hydroxylation is 1. The molecule has 1 atom stereocenters. The van der Waals surface area contributed by atoms with Gasteiger partial charge in [-0.1, -0.05) is 19.9 Å². The van der Waals surface area contributed by atoms with Crippen LogP contribution in [0.3, 0.4) is 0 Å². The standard InChI is InChI=1S/C12H17N3OS/c1-8(2)9-5-6-11(17(4,13)16)12-10(9)7-15(3)14-12/h5-8,13H,1-4H3. The Hall–Kier alpha value is -1.36. The summed E-state index contributed by atoms with van der Waals surface area (Å²) in [6.07, 6.45) is 3.37. The number of nitrogens with zero attached hydrogens (tertiary/aromatic N) is 2. The van der Waals surface area contributed by atoms with Gasteiger partial charge in [-0.3, -0.25) is 4.68 Å². The van der Waals surface area contributed by atoms with Crippen molar-refractivity contribution >= 4 is 20.6 Å². The van der Waals surface area contributed by atoms with E-state index in [9.17, 15) is 4.21 Å². The van der Waals surface area contributed by atoms with Crippen molar-refractivity contribution in [2.75, 3.05) is 6.26 Å². The minimum atomic E-state index is -2.73. The molecular weight excluding hydrogens is 234 g/mol. The van der Waals surface area contributed by atoms with E-state index in [0.717, 1.165) is 5.39 Å². The molecule has 0 fully saturated rings. The van der Waals surface area contributed by atoms with Crippen LogP contribution in [0.5, 0.6) is 0 Å². The van der Waals surface area contributed by atoms with Gasteiger partial charge in [0.1, 0.15) is 5.52 Å². The molecule has 1 N–H and O–H groups in total. The summed E-state index contributed by atoms with van der Waals surface area (Å²) in [6.45, 7) is 4.23. The third-order valence-electron chi connectivity index (χ3n) is 2.83. The third-order valence-corrected chi connectivity index (χ3v) is 4.00. The monoisotopic (exact) mass is 251 g/mol. The highest BCUT2D eigenvalue weighted by molar-refractivity contribution is 7.92. The molecule has 0 bridgehead atoms. The van der Waals surface area contributed by atoms with Crippen LogP contribution in [0, 0.1) is 4.78 Å². The molecule has 0 aliphatic carbocycles. The van der Waals surface area contributed by atoms with Crippen LogP contribution in [0.1, 0.15) is 25.3 Å².